The molecule has 1 aromatic rings. The molecule has 2 heteroatoms. The molecule has 0 nitrogen and oxygen atoms in total. The molecule has 0 aliphatic heterocycles. The first kappa shape index (κ1) is 8.82. The van der Waals surface area contributed by atoms with Crippen molar-refractivity contribution in [2.75, 3.05) is 0 Å². The molecular weight excluding hydrogens is 223 g/mol. The Morgan fingerprint density at radius 2 is 1.91 bits per heavy atom. The summed E-state index contributed by atoms with van der Waals surface area (Å²) in [6, 6.07) is 8.12. The van der Waals surface area contributed by atoms with Crippen LogP contribution in [0.4, 0.5) is 0 Å². The molecule has 58 valence electrons. The number of hydrogen-bond donors (Lipinski definition) is 0. The van der Waals surface area contributed by atoms with Crippen LogP contribution in [0.5, 0.6) is 0 Å². The van der Waals surface area contributed by atoms with Gasteiger partial charge >= 0.3 is 0 Å². The average molecular weight is 232 g/mol. The molecule has 0 aliphatic carbocycles. The van der Waals surface area contributed by atoms with Gasteiger partial charge in [-0.2, -0.15) is 0 Å². The van der Waals surface area contributed by atoms with Crippen molar-refractivity contribution in [2.45, 2.75) is 5.88 Å². The summed E-state index contributed by atoms with van der Waals surface area (Å²) in [4.78, 5) is 1.84. The van der Waals surface area contributed by atoms with Crippen LogP contribution in [0.15, 0.2) is 29.3 Å². The van der Waals surface area contributed by atoms with Crippen LogP contribution in [-0.2, 0) is 5.88 Å². The van der Waals surface area contributed by atoms with Crippen LogP contribution < -0.4 is 0 Å². The molecule has 0 heterocycles. The molecule has 0 saturated carbocycles. The van der Waals surface area contributed by atoms with E-state index in [1.54, 1.807) is 0 Å². The lowest BCUT2D eigenvalue weighted by molar-refractivity contribution is 1.40. The molecular formula is C9H8BrCl. The average Bonchev–Trinajstić information content (AvgIpc) is 2.07. The monoisotopic (exact) mass is 230 g/mol. The topological polar surface area (TPSA) is 0 Å². The van der Waals surface area contributed by atoms with E-state index in [2.05, 4.69) is 15.9 Å². The number of halogens is 2. The lowest BCUT2D eigenvalue weighted by Gasteiger charge is -1.94. The van der Waals surface area contributed by atoms with E-state index < -0.39 is 0 Å². The van der Waals surface area contributed by atoms with Gasteiger partial charge < -0.3 is 0 Å². The normalized spacial score (nSPS) is 10.7. The van der Waals surface area contributed by atoms with Crippen molar-refractivity contribution in [2.24, 2.45) is 0 Å². The van der Waals surface area contributed by atoms with Crippen molar-refractivity contribution in [1.82, 2.24) is 0 Å². The third kappa shape index (κ3) is 2.68. The van der Waals surface area contributed by atoms with Gasteiger partial charge in [0.15, 0.2) is 0 Å². The third-order valence-electron chi connectivity index (χ3n) is 1.39. The van der Waals surface area contributed by atoms with E-state index >= 15 is 0 Å². The fraction of sp³-hybridized carbons (Fsp3) is 0.111. The summed E-state index contributed by atoms with van der Waals surface area (Å²) in [6.07, 6.45) is 1.98. The van der Waals surface area contributed by atoms with E-state index in [1.807, 2.05) is 35.3 Å². The van der Waals surface area contributed by atoms with E-state index in [0.717, 1.165) is 5.56 Å². The maximum atomic E-state index is 5.63. The number of rotatable bonds is 2. The van der Waals surface area contributed by atoms with Gasteiger partial charge in [0.1, 0.15) is 0 Å². The second kappa shape index (κ2) is 4.58. The smallest absolute Gasteiger partial charge is 0.0474 e. The summed E-state index contributed by atoms with van der Waals surface area (Å²) in [7, 11) is 0. The Morgan fingerprint density at radius 1 is 1.27 bits per heavy atom. The van der Waals surface area contributed by atoms with Crippen molar-refractivity contribution < 1.29 is 0 Å². The molecule has 0 aliphatic rings. The fourth-order valence-corrected chi connectivity index (χ4v) is 1.27. The highest BCUT2D eigenvalue weighted by Gasteiger charge is 1.88. The van der Waals surface area contributed by atoms with Gasteiger partial charge in [0, 0.05) is 5.88 Å². The second-order valence-electron chi connectivity index (χ2n) is 2.17. The zero-order valence-corrected chi connectivity index (χ0v) is 8.27. The van der Waals surface area contributed by atoms with E-state index in [9.17, 15) is 0 Å². The molecule has 0 radical (unpaired) electrons. The van der Waals surface area contributed by atoms with Gasteiger partial charge in [0.25, 0.3) is 0 Å². The highest BCUT2D eigenvalue weighted by Crippen LogP contribution is 2.08. The predicted molar refractivity (Wildman–Crippen MR) is 54.0 cm³/mol. The maximum absolute atomic E-state index is 5.63. The summed E-state index contributed by atoms with van der Waals surface area (Å²) >= 11 is 8.84. The van der Waals surface area contributed by atoms with Crippen molar-refractivity contribution >= 4 is 33.6 Å². The third-order valence-corrected chi connectivity index (χ3v) is 1.96. The molecule has 1 aromatic carbocycles. The maximum Gasteiger partial charge on any atom is 0.0474 e. The lowest BCUT2D eigenvalue weighted by atomic mass is 10.1. The minimum Gasteiger partial charge on any atom is -0.122 e. The van der Waals surface area contributed by atoms with Crippen molar-refractivity contribution in [1.29, 1.82) is 0 Å². The summed E-state index contributed by atoms with van der Waals surface area (Å²) in [5, 5.41) is 0. The molecule has 11 heavy (non-hydrogen) atoms. The Labute approximate surface area is 80.0 Å². The van der Waals surface area contributed by atoms with Gasteiger partial charge in [-0.1, -0.05) is 40.2 Å². The fourth-order valence-electron chi connectivity index (χ4n) is 0.791. The van der Waals surface area contributed by atoms with E-state index in [0.29, 0.717) is 5.88 Å². The van der Waals surface area contributed by atoms with Gasteiger partial charge in [-0.25, -0.2) is 0 Å². The molecule has 0 bridgehead atoms. The Balaban J connectivity index is 2.82. The van der Waals surface area contributed by atoms with Gasteiger partial charge in [-0.15, -0.1) is 11.6 Å². The van der Waals surface area contributed by atoms with Crippen molar-refractivity contribution in [3.05, 3.63) is 40.4 Å². The SMILES string of the molecule is ClCc1ccc(/C=C/Br)cc1. The minimum absolute atomic E-state index is 0.582. The van der Waals surface area contributed by atoms with Crippen LogP contribution >= 0.6 is 27.5 Å². The Bertz CT molecular complexity index is 238. The molecule has 1 rings (SSSR count). The molecule has 0 atom stereocenters. The summed E-state index contributed by atoms with van der Waals surface area (Å²) in [6.45, 7) is 0. The van der Waals surface area contributed by atoms with Crippen LogP contribution in [0.25, 0.3) is 6.08 Å². The van der Waals surface area contributed by atoms with Crippen molar-refractivity contribution in [3.8, 4) is 0 Å². The van der Waals surface area contributed by atoms with Crippen LogP contribution in [0.3, 0.4) is 0 Å². The highest BCUT2D eigenvalue weighted by molar-refractivity contribution is 9.11. The van der Waals surface area contributed by atoms with E-state index in [4.69, 9.17) is 11.6 Å². The Hall–Kier alpha value is -0.270. The first-order chi connectivity index (χ1) is 5.36. The number of benzene rings is 1. The molecule has 0 N–H and O–H groups in total. The van der Waals surface area contributed by atoms with Crippen LogP contribution in [0.2, 0.25) is 0 Å². The summed E-state index contributed by atoms with van der Waals surface area (Å²) in [5.41, 5.74) is 2.33. The molecule has 0 amide bonds. The predicted octanol–water partition coefficient (Wildman–Crippen LogP) is 3.79. The van der Waals surface area contributed by atoms with Gasteiger partial charge in [0.2, 0.25) is 0 Å². The molecule has 0 fully saturated rings. The summed E-state index contributed by atoms with van der Waals surface area (Å²) < 4.78 is 0. The standard InChI is InChI=1S/C9H8BrCl/c10-6-5-8-1-3-9(7-11)4-2-8/h1-6H,7H2/b6-5+. The Kier molecular flexibility index (Phi) is 3.67. The molecule has 0 aromatic heterocycles. The number of hydrogen-bond acceptors (Lipinski definition) is 0. The zero-order chi connectivity index (χ0) is 8.10. The van der Waals surface area contributed by atoms with E-state index in [1.165, 1.54) is 5.56 Å². The number of alkyl halides is 1. The van der Waals surface area contributed by atoms with Crippen molar-refractivity contribution in [3.63, 3.8) is 0 Å². The first-order valence-electron chi connectivity index (χ1n) is 3.28. The largest absolute Gasteiger partial charge is 0.122 e. The highest BCUT2D eigenvalue weighted by atomic mass is 79.9. The molecule has 0 saturated heterocycles. The Morgan fingerprint density at radius 3 is 2.36 bits per heavy atom. The van der Waals surface area contributed by atoms with E-state index in [-0.39, 0.29) is 0 Å². The molecule has 0 unspecified atom stereocenters. The first-order valence-corrected chi connectivity index (χ1v) is 4.73. The quantitative estimate of drug-likeness (QED) is 0.679. The zero-order valence-electron chi connectivity index (χ0n) is 5.93. The minimum atomic E-state index is 0.582. The second-order valence-corrected chi connectivity index (χ2v) is 2.96. The van der Waals surface area contributed by atoms with Crippen LogP contribution in [-0.4, -0.2) is 0 Å². The summed E-state index contributed by atoms with van der Waals surface area (Å²) in [5.74, 6) is 0.582. The van der Waals surface area contributed by atoms with Crippen LogP contribution in [0, 0.1) is 0 Å². The van der Waals surface area contributed by atoms with Gasteiger partial charge in [0.05, 0.1) is 0 Å². The van der Waals surface area contributed by atoms with Crippen LogP contribution in [0.1, 0.15) is 11.1 Å². The van der Waals surface area contributed by atoms with Gasteiger partial charge in [-0.3, -0.25) is 0 Å². The molecule has 0 spiro atoms. The lowest BCUT2D eigenvalue weighted by Crippen LogP contribution is -1.76. The van der Waals surface area contributed by atoms with Gasteiger partial charge in [-0.05, 0) is 22.2 Å².